The van der Waals surface area contributed by atoms with Crippen LogP contribution in [0.15, 0.2) is 23.6 Å². The first-order chi connectivity index (χ1) is 11.1. The molecule has 4 N–H and O–H groups in total. The summed E-state index contributed by atoms with van der Waals surface area (Å²) in [6.45, 7) is 0.635. The third-order valence-electron chi connectivity index (χ3n) is 3.33. The fraction of sp³-hybridized carbons (Fsp3) is 0.267. The van der Waals surface area contributed by atoms with Crippen molar-refractivity contribution in [1.82, 2.24) is 4.98 Å². The van der Waals surface area contributed by atoms with Gasteiger partial charge in [-0.2, -0.15) is 0 Å². The quantitative estimate of drug-likeness (QED) is 0.453. The second-order valence-corrected chi connectivity index (χ2v) is 7.99. The molecule has 3 heterocycles. The first-order valence-corrected chi connectivity index (χ1v) is 9.43. The van der Waals surface area contributed by atoms with Gasteiger partial charge < -0.3 is 16.2 Å². The van der Waals surface area contributed by atoms with Gasteiger partial charge in [-0.1, -0.05) is 29.3 Å². The van der Waals surface area contributed by atoms with E-state index in [1.54, 1.807) is 17.4 Å². The van der Waals surface area contributed by atoms with Crippen molar-refractivity contribution >= 4 is 86.6 Å². The minimum atomic E-state index is -0.335. The first kappa shape index (κ1) is 22.7. The second-order valence-electron chi connectivity index (χ2n) is 5.09. The Morgan fingerprint density at radius 2 is 2.08 bits per heavy atom. The van der Waals surface area contributed by atoms with E-state index in [0.717, 1.165) is 15.3 Å². The van der Waals surface area contributed by atoms with Crippen molar-refractivity contribution in [3.8, 4) is 0 Å². The van der Waals surface area contributed by atoms with Gasteiger partial charge in [0.2, 0.25) is 0 Å². The van der Waals surface area contributed by atoms with Crippen LogP contribution in [-0.4, -0.2) is 22.7 Å². The molecule has 0 saturated carbocycles. The highest BCUT2D eigenvalue weighted by molar-refractivity contribution is 7.20. The molecule has 0 aliphatic carbocycles. The predicted octanol–water partition coefficient (Wildman–Crippen LogP) is 4.98. The van der Waals surface area contributed by atoms with E-state index in [0.29, 0.717) is 28.7 Å². The molecule has 0 radical (unpaired) electrons. The summed E-state index contributed by atoms with van der Waals surface area (Å²) in [6.07, 6.45) is 0.512. The SMILES string of the molecule is Cl.Cl.N[C@H](CO)Cc1sc2c(NCc3cccs3)cc(Cl)nc2c1Cl. The van der Waals surface area contributed by atoms with Crippen LogP contribution in [-0.2, 0) is 13.0 Å². The van der Waals surface area contributed by atoms with Gasteiger partial charge in [-0.05, 0) is 11.4 Å². The Labute approximate surface area is 176 Å². The first-order valence-electron chi connectivity index (χ1n) is 6.98. The minimum absolute atomic E-state index is 0. The van der Waals surface area contributed by atoms with Crippen LogP contribution in [0.25, 0.3) is 10.2 Å². The molecule has 0 spiro atoms. The maximum atomic E-state index is 9.14. The normalized spacial score (nSPS) is 11.7. The molecule has 138 valence electrons. The average Bonchev–Trinajstić information content (AvgIpc) is 3.15. The fourth-order valence-electron chi connectivity index (χ4n) is 2.21. The van der Waals surface area contributed by atoms with Gasteiger partial charge in [0, 0.05) is 34.8 Å². The number of anilines is 1. The molecule has 25 heavy (non-hydrogen) atoms. The minimum Gasteiger partial charge on any atom is -0.395 e. The maximum absolute atomic E-state index is 9.14. The number of aliphatic hydroxyl groups is 1. The number of hydrogen-bond acceptors (Lipinski definition) is 6. The van der Waals surface area contributed by atoms with E-state index in [2.05, 4.69) is 16.4 Å². The summed E-state index contributed by atoms with van der Waals surface area (Å²) in [7, 11) is 0. The summed E-state index contributed by atoms with van der Waals surface area (Å²) in [5.41, 5.74) is 7.41. The number of thiophene rings is 2. The monoisotopic (exact) mass is 459 g/mol. The molecule has 0 amide bonds. The molecule has 1 atom stereocenters. The van der Waals surface area contributed by atoms with Crippen LogP contribution >= 0.6 is 70.7 Å². The van der Waals surface area contributed by atoms with Crippen molar-refractivity contribution in [3.05, 3.63) is 43.5 Å². The number of pyridine rings is 1. The summed E-state index contributed by atoms with van der Waals surface area (Å²) in [5.74, 6) is 0. The Hall–Kier alpha value is -0.310. The highest BCUT2D eigenvalue weighted by atomic mass is 35.5. The van der Waals surface area contributed by atoms with E-state index in [1.807, 2.05) is 11.4 Å². The molecule has 3 aromatic heterocycles. The Kier molecular flexibility index (Phi) is 9.21. The molecule has 0 saturated heterocycles. The van der Waals surface area contributed by atoms with Crippen LogP contribution < -0.4 is 11.1 Å². The number of nitrogens with zero attached hydrogens (tertiary/aromatic N) is 1. The van der Waals surface area contributed by atoms with Gasteiger partial charge in [-0.3, -0.25) is 0 Å². The van der Waals surface area contributed by atoms with Crippen molar-refractivity contribution in [2.75, 3.05) is 11.9 Å². The van der Waals surface area contributed by atoms with Gasteiger partial charge in [0.1, 0.15) is 10.7 Å². The molecule has 0 fully saturated rings. The molecule has 0 bridgehead atoms. The molecule has 0 aliphatic rings. The highest BCUT2D eigenvalue weighted by Crippen LogP contribution is 2.40. The van der Waals surface area contributed by atoms with Crippen molar-refractivity contribution < 1.29 is 5.11 Å². The lowest BCUT2D eigenvalue weighted by molar-refractivity contribution is 0.266. The largest absolute Gasteiger partial charge is 0.395 e. The molecule has 0 aliphatic heterocycles. The van der Waals surface area contributed by atoms with Gasteiger partial charge in [-0.25, -0.2) is 4.98 Å². The predicted molar refractivity (Wildman–Crippen MR) is 115 cm³/mol. The van der Waals surface area contributed by atoms with E-state index >= 15 is 0 Å². The summed E-state index contributed by atoms with van der Waals surface area (Å²) in [4.78, 5) is 6.48. The van der Waals surface area contributed by atoms with E-state index in [-0.39, 0.29) is 37.5 Å². The van der Waals surface area contributed by atoms with Crippen molar-refractivity contribution in [2.24, 2.45) is 5.73 Å². The number of fused-ring (bicyclic) bond motifs is 1. The zero-order chi connectivity index (χ0) is 16.4. The van der Waals surface area contributed by atoms with Gasteiger partial charge >= 0.3 is 0 Å². The fourth-order valence-corrected chi connectivity index (χ4v) is 4.65. The standard InChI is InChI=1S/C15H15Cl2N3OS2.2ClH/c16-12-5-10(19-6-9-2-1-3-22-9)15-14(20-12)13(17)11(23-15)4-8(18)7-21;;/h1-3,5,8,21H,4,6-7,18H2,(H,19,20);2*1H/t8-;;/m0../s1. The summed E-state index contributed by atoms with van der Waals surface area (Å²) >= 11 is 15.8. The van der Waals surface area contributed by atoms with E-state index < -0.39 is 0 Å². The maximum Gasteiger partial charge on any atom is 0.131 e. The van der Waals surface area contributed by atoms with Gasteiger partial charge in [0.15, 0.2) is 0 Å². The lowest BCUT2D eigenvalue weighted by Gasteiger charge is -2.06. The second kappa shape index (κ2) is 10.1. The van der Waals surface area contributed by atoms with Gasteiger partial charge in [0.05, 0.1) is 22.0 Å². The summed E-state index contributed by atoms with van der Waals surface area (Å²) in [6, 6.07) is 5.57. The molecular weight excluding hydrogens is 444 g/mol. The van der Waals surface area contributed by atoms with Gasteiger partial charge in [0.25, 0.3) is 0 Å². The lowest BCUT2D eigenvalue weighted by Crippen LogP contribution is -2.26. The summed E-state index contributed by atoms with van der Waals surface area (Å²) < 4.78 is 0.955. The topological polar surface area (TPSA) is 71.2 Å². The van der Waals surface area contributed by atoms with Crippen molar-refractivity contribution in [1.29, 1.82) is 0 Å². The number of aliphatic hydroxyl groups excluding tert-OH is 1. The third-order valence-corrected chi connectivity index (χ3v) is 6.16. The number of rotatable bonds is 6. The van der Waals surface area contributed by atoms with Crippen LogP contribution in [0, 0.1) is 0 Å². The van der Waals surface area contributed by atoms with Crippen LogP contribution in [0.4, 0.5) is 5.69 Å². The zero-order valence-electron chi connectivity index (χ0n) is 12.9. The number of hydrogen-bond donors (Lipinski definition) is 3. The van der Waals surface area contributed by atoms with Crippen molar-refractivity contribution in [2.45, 2.75) is 19.0 Å². The Morgan fingerprint density at radius 3 is 2.72 bits per heavy atom. The number of aromatic nitrogens is 1. The molecule has 3 aromatic rings. The Morgan fingerprint density at radius 1 is 1.32 bits per heavy atom. The van der Waals surface area contributed by atoms with Crippen LogP contribution in [0.3, 0.4) is 0 Å². The number of nitrogens with one attached hydrogen (secondary N) is 1. The molecule has 10 heteroatoms. The summed E-state index contributed by atoms with van der Waals surface area (Å²) in [5, 5.41) is 15.5. The van der Waals surface area contributed by atoms with E-state index in [9.17, 15) is 0 Å². The van der Waals surface area contributed by atoms with Gasteiger partial charge in [-0.15, -0.1) is 47.5 Å². The van der Waals surface area contributed by atoms with Crippen LogP contribution in [0.5, 0.6) is 0 Å². The van der Waals surface area contributed by atoms with Crippen LogP contribution in [0.1, 0.15) is 9.75 Å². The lowest BCUT2D eigenvalue weighted by atomic mass is 10.2. The molecule has 0 unspecified atom stereocenters. The highest BCUT2D eigenvalue weighted by Gasteiger charge is 2.17. The zero-order valence-corrected chi connectivity index (χ0v) is 17.6. The average molecular weight is 461 g/mol. The van der Waals surface area contributed by atoms with Crippen LogP contribution in [0.2, 0.25) is 10.2 Å². The Balaban J connectivity index is 0.00000156. The molecule has 3 rings (SSSR count). The van der Waals surface area contributed by atoms with E-state index in [1.165, 1.54) is 16.2 Å². The van der Waals surface area contributed by atoms with E-state index in [4.69, 9.17) is 34.0 Å². The molecule has 4 nitrogen and oxygen atoms in total. The molecule has 0 aromatic carbocycles. The molecular formula is C15H17Cl4N3OS2. The van der Waals surface area contributed by atoms with Crippen molar-refractivity contribution in [3.63, 3.8) is 0 Å². The number of halogens is 4. The Bertz CT molecular complexity index is 811. The number of nitrogens with two attached hydrogens (primary N) is 1. The smallest absolute Gasteiger partial charge is 0.131 e. The third kappa shape index (κ3) is 5.34.